The molecule has 0 fully saturated rings. The normalized spacial score (nSPS) is 17.6. The van der Waals surface area contributed by atoms with Crippen molar-refractivity contribution in [2.24, 2.45) is 17.3 Å². The largest absolute Gasteiger partial charge is 0.103 e. The van der Waals surface area contributed by atoms with Gasteiger partial charge in [-0.3, -0.25) is 0 Å². The van der Waals surface area contributed by atoms with Gasteiger partial charge in [0.1, 0.15) is 0 Å². The highest BCUT2D eigenvalue weighted by molar-refractivity contribution is 5.09. The van der Waals surface area contributed by atoms with Crippen LogP contribution in [0.3, 0.4) is 0 Å². The molecule has 82 valence electrons. The zero-order valence-corrected chi connectivity index (χ0v) is 10.6. The van der Waals surface area contributed by atoms with Gasteiger partial charge in [-0.1, -0.05) is 45.9 Å². The molecule has 2 unspecified atom stereocenters. The molecule has 0 aromatic rings. The molecule has 0 rings (SSSR count). The van der Waals surface area contributed by atoms with E-state index in [2.05, 4.69) is 47.8 Å². The molecule has 0 aliphatic carbocycles. The second kappa shape index (κ2) is 5.38. The Morgan fingerprint density at radius 2 is 1.86 bits per heavy atom. The van der Waals surface area contributed by atoms with Gasteiger partial charge >= 0.3 is 0 Å². The molecule has 0 saturated heterocycles. The van der Waals surface area contributed by atoms with Gasteiger partial charge in [0.2, 0.25) is 0 Å². The van der Waals surface area contributed by atoms with E-state index >= 15 is 0 Å². The number of rotatable bonds is 6. The molecule has 0 bridgehead atoms. The predicted octanol–water partition coefficient (Wildman–Crippen LogP) is 4.83. The van der Waals surface area contributed by atoms with Crippen molar-refractivity contribution in [2.45, 2.75) is 47.5 Å². The first-order valence-corrected chi connectivity index (χ1v) is 5.61. The van der Waals surface area contributed by atoms with Gasteiger partial charge in [0, 0.05) is 0 Å². The molecule has 0 aromatic carbocycles. The Hall–Kier alpha value is -0.520. The van der Waals surface area contributed by atoms with Crippen molar-refractivity contribution < 1.29 is 0 Å². The molecular weight excluding hydrogens is 168 g/mol. The second-order valence-electron chi connectivity index (χ2n) is 5.22. The summed E-state index contributed by atoms with van der Waals surface area (Å²) >= 11 is 0. The summed E-state index contributed by atoms with van der Waals surface area (Å²) in [4.78, 5) is 0. The smallest absolute Gasteiger partial charge is 0.00618 e. The molecule has 0 N–H and O–H groups in total. The molecule has 0 spiro atoms. The van der Waals surface area contributed by atoms with Gasteiger partial charge in [-0.15, -0.1) is 6.58 Å². The minimum absolute atomic E-state index is 0.228. The lowest BCUT2D eigenvalue weighted by Crippen LogP contribution is -2.27. The third-order valence-electron chi connectivity index (χ3n) is 3.46. The Morgan fingerprint density at radius 3 is 2.14 bits per heavy atom. The highest BCUT2D eigenvalue weighted by Crippen LogP contribution is 2.41. The van der Waals surface area contributed by atoms with Gasteiger partial charge in [0.25, 0.3) is 0 Å². The van der Waals surface area contributed by atoms with Gasteiger partial charge in [-0.05, 0) is 37.0 Å². The number of hydrogen-bond acceptors (Lipinski definition) is 0. The minimum atomic E-state index is 0.228. The summed E-state index contributed by atoms with van der Waals surface area (Å²) in [5.74, 6) is 1.44. The van der Waals surface area contributed by atoms with E-state index in [4.69, 9.17) is 0 Å². The van der Waals surface area contributed by atoms with Crippen LogP contribution in [0.1, 0.15) is 47.5 Å². The van der Waals surface area contributed by atoms with E-state index in [0.717, 1.165) is 12.3 Å². The van der Waals surface area contributed by atoms with Crippen molar-refractivity contribution in [3.8, 4) is 0 Å². The fourth-order valence-electron chi connectivity index (χ4n) is 2.06. The first kappa shape index (κ1) is 13.5. The Balaban J connectivity index is 4.63. The Labute approximate surface area is 90.1 Å². The zero-order valence-electron chi connectivity index (χ0n) is 10.6. The van der Waals surface area contributed by atoms with Crippen molar-refractivity contribution in [3.63, 3.8) is 0 Å². The fourth-order valence-corrected chi connectivity index (χ4v) is 2.06. The van der Waals surface area contributed by atoms with Gasteiger partial charge in [0.05, 0.1) is 0 Å². The van der Waals surface area contributed by atoms with Gasteiger partial charge in [0.15, 0.2) is 0 Å². The standard InChI is InChI=1S/C14H26/c1-8-9-14(7,12(4)5)13(6)10-11(2)3/h8,11,13H,1,4,9-10H2,2-3,5-7H3. The predicted molar refractivity (Wildman–Crippen MR) is 66.4 cm³/mol. The summed E-state index contributed by atoms with van der Waals surface area (Å²) < 4.78 is 0. The molecule has 0 heteroatoms. The maximum atomic E-state index is 4.13. The van der Waals surface area contributed by atoms with Crippen LogP contribution in [0.2, 0.25) is 0 Å². The van der Waals surface area contributed by atoms with E-state index in [-0.39, 0.29) is 5.41 Å². The van der Waals surface area contributed by atoms with Crippen molar-refractivity contribution in [1.82, 2.24) is 0 Å². The van der Waals surface area contributed by atoms with Crippen LogP contribution >= 0.6 is 0 Å². The molecule has 0 aliphatic rings. The van der Waals surface area contributed by atoms with Gasteiger partial charge in [-0.2, -0.15) is 0 Å². The molecule has 0 aromatic heterocycles. The minimum Gasteiger partial charge on any atom is -0.103 e. The van der Waals surface area contributed by atoms with E-state index in [1.54, 1.807) is 0 Å². The molecule has 0 heterocycles. The molecule has 0 nitrogen and oxygen atoms in total. The molecule has 2 atom stereocenters. The lowest BCUT2D eigenvalue weighted by atomic mass is 9.68. The number of allylic oxidation sites excluding steroid dienone is 2. The van der Waals surface area contributed by atoms with Gasteiger partial charge in [-0.25, -0.2) is 0 Å². The lowest BCUT2D eigenvalue weighted by Gasteiger charge is -2.36. The lowest BCUT2D eigenvalue weighted by molar-refractivity contribution is 0.223. The fraction of sp³-hybridized carbons (Fsp3) is 0.714. The Kier molecular flexibility index (Phi) is 5.18. The van der Waals surface area contributed by atoms with E-state index < -0.39 is 0 Å². The van der Waals surface area contributed by atoms with Crippen LogP contribution in [0.15, 0.2) is 24.8 Å². The first-order valence-electron chi connectivity index (χ1n) is 5.61. The van der Waals surface area contributed by atoms with Crippen LogP contribution in [0.4, 0.5) is 0 Å². The average Bonchev–Trinajstić information content (AvgIpc) is 2.02. The van der Waals surface area contributed by atoms with E-state index in [1.165, 1.54) is 12.0 Å². The summed E-state index contributed by atoms with van der Waals surface area (Å²) in [5, 5.41) is 0. The zero-order chi connectivity index (χ0) is 11.4. The van der Waals surface area contributed by atoms with Crippen molar-refractivity contribution in [2.75, 3.05) is 0 Å². The highest BCUT2D eigenvalue weighted by Gasteiger charge is 2.30. The first-order chi connectivity index (χ1) is 6.34. The molecule has 0 radical (unpaired) electrons. The highest BCUT2D eigenvalue weighted by atomic mass is 14.3. The van der Waals surface area contributed by atoms with Crippen LogP contribution in [0.5, 0.6) is 0 Å². The average molecular weight is 194 g/mol. The van der Waals surface area contributed by atoms with Crippen LogP contribution < -0.4 is 0 Å². The Morgan fingerprint density at radius 1 is 1.36 bits per heavy atom. The van der Waals surface area contributed by atoms with Crippen LogP contribution in [0.25, 0.3) is 0 Å². The van der Waals surface area contributed by atoms with Crippen LogP contribution in [-0.4, -0.2) is 0 Å². The van der Waals surface area contributed by atoms with Crippen LogP contribution in [-0.2, 0) is 0 Å². The molecule has 0 amide bonds. The summed E-state index contributed by atoms with van der Waals surface area (Å²) in [6.07, 6.45) is 4.32. The molecular formula is C14H26. The third kappa shape index (κ3) is 3.32. The van der Waals surface area contributed by atoms with Crippen LogP contribution in [0, 0.1) is 17.3 Å². The van der Waals surface area contributed by atoms with Crippen molar-refractivity contribution in [3.05, 3.63) is 24.8 Å². The van der Waals surface area contributed by atoms with E-state index in [1.807, 2.05) is 6.08 Å². The second-order valence-corrected chi connectivity index (χ2v) is 5.22. The Bertz CT molecular complexity index is 200. The summed E-state index contributed by atoms with van der Waals surface area (Å²) in [6, 6.07) is 0. The SMILES string of the molecule is C=CCC(C)(C(=C)C)C(C)CC(C)C. The monoisotopic (exact) mass is 194 g/mol. The number of hydrogen-bond donors (Lipinski definition) is 0. The van der Waals surface area contributed by atoms with Crippen molar-refractivity contribution in [1.29, 1.82) is 0 Å². The summed E-state index contributed by atoms with van der Waals surface area (Å²) in [5.41, 5.74) is 1.51. The quantitative estimate of drug-likeness (QED) is 0.531. The van der Waals surface area contributed by atoms with Gasteiger partial charge < -0.3 is 0 Å². The van der Waals surface area contributed by atoms with E-state index in [9.17, 15) is 0 Å². The van der Waals surface area contributed by atoms with E-state index in [0.29, 0.717) is 5.92 Å². The van der Waals surface area contributed by atoms with Crippen molar-refractivity contribution >= 4 is 0 Å². The molecule has 14 heavy (non-hydrogen) atoms. The maximum absolute atomic E-state index is 4.13. The third-order valence-corrected chi connectivity index (χ3v) is 3.46. The summed E-state index contributed by atoms with van der Waals surface area (Å²) in [7, 11) is 0. The maximum Gasteiger partial charge on any atom is -0.00618 e. The summed E-state index contributed by atoms with van der Waals surface area (Å²) in [6.45, 7) is 19.3. The molecule has 0 saturated carbocycles. The molecule has 0 aliphatic heterocycles. The topological polar surface area (TPSA) is 0 Å².